The number of hydrogen-bond donors (Lipinski definition) is 0. The lowest BCUT2D eigenvalue weighted by molar-refractivity contribution is 0.0246. The second-order valence-electron chi connectivity index (χ2n) is 3.87. The average Bonchev–Trinajstić information content (AvgIpc) is 3.11. The third-order valence-electron chi connectivity index (χ3n) is 2.24. The highest BCUT2D eigenvalue weighted by Gasteiger charge is 2.42. The van der Waals surface area contributed by atoms with Crippen LogP contribution in [-0.4, -0.2) is 54.2 Å². The van der Waals surface area contributed by atoms with Crippen molar-refractivity contribution in [2.24, 2.45) is 0 Å². The fraction of sp³-hybridized carbons (Fsp3) is 1.00. The van der Waals surface area contributed by atoms with Crippen LogP contribution in [0, 0.1) is 0 Å². The Morgan fingerprint density at radius 2 is 1.76 bits per heavy atom. The maximum atomic E-state index is 5.79. The predicted octanol–water partition coefficient (Wildman–Crippen LogP) is 1.38. The van der Waals surface area contributed by atoms with Gasteiger partial charge in [0.1, 0.15) is 12.3 Å². The minimum Gasteiger partial charge on any atom is -0.374 e. The number of ether oxygens (including phenoxy) is 2. The molecular weight excluding hydrogens is 240 g/mol. The van der Waals surface area contributed by atoms with Crippen molar-refractivity contribution in [1.29, 1.82) is 0 Å². The Morgan fingerprint density at radius 1 is 1.12 bits per heavy atom. The Hall–Kier alpha value is 0.0169. The zero-order valence-electron chi connectivity index (χ0n) is 11.1. The maximum absolute atomic E-state index is 5.79. The molecule has 1 unspecified atom stereocenters. The number of rotatable bonds is 11. The van der Waals surface area contributed by atoms with Gasteiger partial charge in [-0.1, -0.05) is 6.92 Å². The molecule has 1 aliphatic heterocycles. The van der Waals surface area contributed by atoms with Crippen LogP contribution in [0.15, 0.2) is 0 Å². The summed E-state index contributed by atoms with van der Waals surface area (Å²) in [5.41, 5.74) is 0. The molecule has 0 spiro atoms. The summed E-state index contributed by atoms with van der Waals surface area (Å²) in [6, 6.07) is 0. The summed E-state index contributed by atoms with van der Waals surface area (Å²) in [6.45, 7) is 9.17. The normalized spacial score (nSPS) is 19.6. The van der Waals surface area contributed by atoms with E-state index < -0.39 is 8.80 Å². The van der Waals surface area contributed by atoms with Gasteiger partial charge in [-0.05, 0) is 20.3 Å². The molecule has 1 rings (SSSR count). The van der Waals surface area contributed by atoms with Crippen LogP contribution in [0.1, 0.15) is 27.2 Å². The van der Waals surface area contributed by atoms with Crippen LogP contribution in [0.3, 0.4) is 0 Å². The molecule has 0 amide bonds. The summed E-state index contributed by atoms with van der Waals surface area (Å²) in [7, 11) is -2.63. The lowest BCUT2D eigenvalue weighted by Crippen LogP contribution is -2.51. The standard InChI is InChI=1S/C11H24O5Si/c1-4-7-16-17(14-5-2,15-6-3)10-12-8-11-9-13-11/h11H,4-10H2,1-3H3. The van der Waals surface area contributed by atoms with Crippen molar-refractivity contribution in [3.05, 3.63) is 0 Å². The van der Waals surface area contributed by atoms with Gasteiger partial charge in [0, 0.05) is 19.8 Å². The van der Waals surface area contributed by atoms with E-state index in [2.05, 4.69) is 6.92 Å². The molecule has 1 atom stereocenters. The van der Waals surface area contributed by atoms with E-state index in [1.54, 1.807) is 0 Å². The number of hydrogen-bond acceptors (Lipinski definition) is 5. The van der Waals surface area contributed by atoms with Crippen molar-refractivity contribution in [2.75, 3.05) is 39.3 Å². The van der Waals surface area contributed by atoms with Gasteiger partial charge in [0.25, 0.3) is 0 Å². The number of epoxide rings is 1. The van der Waals surface area contributed by atoms with Gasteiger partial charge in [0.15, 0.2) is 0 Å². The monoisotopic (exact) mass is 264 g/mol. The van der Waals surface area contributed by atoms with Crippen LogP contribution < -0.4 is 0 Å². The first-order valence-corrected chi connectivity index (χ1v) is 8.30. The summed E-state index contributed by atoms with van der Waals surface area (Å²) < 4.78 is 27.9. The molecule has 0 N–H and O–H groups in total. The van der Waals surface area contributed by atoms with Crippen molar-refractivity contribution < 1.29 is 22.8 Å². The predicted molar refractivity (Wildman–Crippen MR) is 65.8 cm³/mol. The van der Waals surface area contributed by atoms with Gasteiger partial charge in [0.05, 0.1) is 13.2 Å². The zero-order chi connectivity index (χ0) is 12.6. The molecule has 0 radical (unpaired) electrons. The second kappa shape index (κ2) is 8.18. The van der Waals surface area contributed by atoms with Crippen LogP contribution in [0.4, 0.5) is 0 Å². The van der Waals surface area contributed by atoms with Crippen LogP contribution in [0.5, 0.6) is 0 Å². The topological polar surface area (TPSA) is 49.5 Å². The lowest BCUT2D eigenvalue weighted by Gasteiger charge is -2.28. The highest BCUT2D eigenvalue weighted by atomic mass is 28.4. The summed E-state index contributed by atoms with van der Waals surface area (Å²) in [5.74, 6) is 0. The quantitative estimate of drug-likeness (QED) is 0.417. The molecule has 0 bridgehead atoms. The fourth-order valence-corrected chi connectivity index (χ4v) is 3.69. The summed E-state index contributed by atoms with van der Waals surface area (Å²) in [6.07, 6.45) is 1.62. The molecule has 17 heavy (non-hydrogen) atoms. The highest BCUT2D eigenvalue weighted by molar-refractivity contribution is 6.60. The third-order valence-corrected chi connectivity index (χ3v) is 4.90. The van der Waals surface area contributed by atoms with E-state index in [4.69, 9.17) is 22.8 Å². The summed E-state index contributed by atoms with van der Waals surface area (Å²) in [4.78, 5) is 0. The van der Waals surface area contributed by atoms with E-state index in [1.807, 2.05) is 13.8 Å². The smallest absolute Gasteiger partial charge is 0.374 e. The van der Waals surface area contributed by atoms with Crippen molar-refractivity contribution >= 4 is 8.80 Å². The Labute approximate surface area is 105 Å². The molecule has 1 aliphatic rings. The van der Waals surface area contributed by atoms with Crippen LogP contribution in [0.2, 0.25) is 0 Å². The molecule has 1 saturated heterocycles. The first-order chi connectivity index (χ1) is 8.26. The largest absolute Gasteiger partial charge is 0.528 e. The van der Waals surface area contributed by atoms with Crippen LogP contribution >= 0.6 is 0 Å². The van der Waals surface area contributed by atoms with Gasteiger partial charge in [0.2, 0.25) is 0 Å². The van der Waals surface area contributed by atoms with E-state index in [-0.39, 0.29) is 6.10 Å². The van der Waals surface area contributed by atoms with Crippen molar-refractivity contribution in [3.63, 3.8) is 0 Å². The molecule has 0 saturated carbocycles. The lowest BCUT2D eigenvalue weighted by atomic mass is 10.5. The van der Waals surface area contributed by atoms with E-state index in [0.717, 1.165) is 13.0 Å². The Morgan fingerprint density at radius 3 is 2.24 bits per heavy atom. The zero-order valence-corrected chi connectivity index (χ0v) is 12.1. The summed E-state index contributed by atoms with van der Waals surface area (Å²) in [5, 5.41) is 0. The molecule has 6 heteroatoms. The fourth-order valence-electron chi connectivity index (χ4n) is 1.43. The van der Waals surface area contributed by atoms with E-state index in [0.29, 0.717) is 32.7 Å². The molecular formula is C11H24O5Si. The second-order valence-corrected chi connectivity index (χ2v) is 6.39. The molecule has 5 nitrogen and oxygen atoms in total. The minimum atomic E-state index is -2.63. The van der Waals surface area contributed by atoms with E-state index in [1.165, 1.54) is 0 Å². The summed E-state index contributed by atoms with van der Waals surface area (Å²) >= 11 is 0. The van der Waals surface area contributed by atoms with Gasteiger partial charge in [-0.15, -0.1) is 0 Å². The van der Waals surface area contributed by atoms with Crippen molar-refractivity contribution in [1.82, 2.24) is 0 Å². The minimum absolute atomic E-state index is 0.260. The molecule has 1 fully saturated rings. The van der Waals surface area contributed by atoms with Crippen LogP contribution in [0.25, 0.3) is 0 Å². The Bertz CT molecular complexity index is 192. The Balaban J connectivity index is 2.38. The SMILES string of the molecule is CCCO[Si](COCC1CO1)(OCC)OCC. The van der Waals surface area contributed by atoms with Gasteiger partial charge in [-0.25, -0.2) is 0 Å². The average molecular weight is 264 g/mol. The maximum Gasteiger partial charge on any atom is 0.528 e. The van der Waals surface area contributed by atoms with Gasteiger partial charge < -0.3 is 22.8 Å². The van der Waals surface area contributed by atoms with Crippen LogP contribution in [-0.2, 0) is 22.8 Å². The van der Waals surface area contributed by atoms with Gasteiger partial charge in [-0.2, -0.15) is 0 Å². The molecule has 0 aromatic carbocycles. The molecule has 0 aromatic rings. The molecule has 102 valence electrons. The molecule has 0 aromatic heterocycles. The van der Waals surface area contributed by atoms with E-state index >= 15 is 0 Å². The molecule has 1 heterocycles. The Kier molecular flexibility index (Phi) is 7.25. The van der Waals surface area contributed by atoms with E-state index in [9.17, 15) is 0 Å². The van der Waals surface area contributed by atoms with Crippen molar-refractivity contribution in [2.45, 2.75) is 33.3 Å². The highest BCUT2D eigenvalue weighted by Crippen LogP contribution is 2.14. The van der Waals surface area contributed by atoms with Crippen molar-refractivity contribution in [3.8, 4) is 0 Å². The third kappa shape index (κ3) is 5.94. The molecule has 0 aliphatic carbocycles. The first kappa shape index (κ1) is 15.1. The van der Waals surface area contributed by atoms with Gasteiger partial charge >= 0.3 is 8.80 Å². The first-order valence-electron chi connectivity index (χ1n) is 6.37. The van der Waals surface area contributed by atoms with Gasteiger partial charge in [-0.3, -0.25) is 0 Å².